The van der Waals surface area contributed by atoms with Gasteiger partial charge in [-0.1, -0.05) is 46.3 Å². The van der Waals surface area contributed by atoms with Gasteiger partial charge in [-0.15, -0.1) is 0 Å². The predicted molar refractivity (Wildman–Crippen MR) is 141 cm³/mol. The Morgan fingerprint density at radius 2 is 1.78 bits per heavy atom. The van der Waals surface area contributed by atoms with Crippen LogP contribution >= 0.6 is 27.7 Å². The normalized spacial score (nSPS) is 14.4. The summed E-state index contributed by atoms with van der Waals surface area (Å²) in [5, 5.41) is 10.7. The Morgan fingerprint density at radius 3 is 2.53 bits per heavy atom. The first kappa shape index (κ1) is 25.5. The number of hydrogen-bond acceptors (Lipinski definition) is 7. The quantitative estimate of drug-likeness (QED) is 0.163. The number of imide groups is 1. The maximum Gasteiger partial charge on any atom is 0.293 e. The molecule has 3 aromatic carbocycles. The van der Waals surface area contributed by atoms with Crippen LogP contribution in [0.3, 0.4) is 0 Å². The molecule has 184 valence electrons. The Morgan fingerprint density at radius 1 is 1.00 bits per heavy atom. The molecule has 36 heavy (non-hydrogen) atoms. The molecule has 0 radical (unpaired) electrons. The van der Waals surface area contributed by atoms with Gasteiger partial charge in [0.05, 0.1) is 23.0 Å². The van der Waals surface area contributed by atoms with Crippen LogP contribution in [0.4, 0.5) is 10.5 Å². The molecule has 1 fully saturated rings. The van der Waals surface area contributed by atoms with Crippen LogP contribution in [0.15, 0.2) is 76.1 Å². The molecular weight excluding hydrogens is 548 g/mol. The van der Waals surface area contributed by atoms with Crippen molar-refractivity contribution in [3.05, 3.63) is 103 Å². The third-order valence-corrected chi connectivity index (χ3v) is 6.59. The summed E-state index contributed by atoms with van der Waals surface area (Å²) in [6.45, 7) is 2.54. The molecule has 0 saturated carbocycles. The Bertz CT molecular complexity index is 1360. The van der Waals surface area contributed by atoms with E-state index in [1.807, 2.05) is 31.2 Å². The van der Waals surface area contributed by atoms with E-state index >= 15 is 0 Å². The fraction of sp³-hybridized carbons (Fsp3) is 0.154. The summed E-state index contributed by atoms with van der Waals surface area (Å²) in [4.78, 5) is 37.5. The van der Waals surface area contributed by atoms with E-state index in [0.29, 0.717) is 34.1 Å². The second-order valence-electron chi connectivity index (χ2n) is 7.75. The average molecular weight is 569 g/mol. The number of rotatable bonds is 9. The molecule has 1 saturated heterocycles. The highest BCUT2D eigenvalue weighted by Gasteiger charge is 2.35. The highest BCUT2D eigenvalue weighted by molar-refractivity contribution is 9.10. The maximum absolute atomic E-state index is 12.9. The molecule has 2 amide bonds. The second kappa shape index (κ2) is 11.4. The number of nitro benzene ring substituents is 1. The Balaban J connectivity index is 1.50. The number of nitrogens with zero attached hydrogens (tertiary/aromatic N) is 2. The van der Waals surface area contributed by atoms with Crippen molar-refractivity contribution in [2.45, 2.75) is 20.1 Å². The van der Waals surface area contributed by atoms with Crippen LogP contribution in [-0.4, -0.2) is 27.6 Å². The van der Waals surface area contributed by atoms with Crippen molar-refractivity contribution in [1.82, 2.24) is 4.90 Å². The Kier molecular flexibility index (Phi) is 8.07. The van der Waals surface area contributed by atoms with Crippen molar-refractivity contribution >= 4 is 50.6 Å². The van der Waals surface area contributed by atoms with Crippen molar-refractivity contribution < 1.29 is 24.0 Å². The highest BCUT2D eigenvalue weighted by Crippen LogP contribution is 2.36. The minimum absolute atomic E-state index is 0.00896. The van der Waals surface area contributed by atoms with Crippen molar-refractivity contribution in [2.75, 3.05) is 6.61 Å². The van der Waals surface area contributed by atoms with Crippen LogP contribution in [-0.2, 0) is 17.9 Å². The topological polar surface area (TPSA) is 99.0 Å². The van der Waals surface area contributed by atoms with Crippen molar-refractivity contribution in [2.24, 2.45) is 0 Å². The van der Waals surface area contributed by atoms with Crippen LogP contribution in [0.2, 0.25) is 0 Å². The Labute approximate surface area is 220 Å². The predicted octanol–water partition coefficient (Wildman–Crippen LogP) is 6.57. The number of nitro groups is 1. The van der Waals surface area contributed by atoms with Gasteiger partial charge in [0.15, 0.2) is 11.5 Å². The lowest BCUT2D eigenvalue weighted by Crippen LogP contribution is -2.27. The third kappa shape index (κ3) is 6.13. The molecule has 1 heterocycles. The van der Waals surface area contributed by atoms with Crippen LogP contribution in [0.25, 0.3) is 6.08 Å². The van der Waals surface area contributed by atoms with E-state index in [1.54, 1.807) is 36.4 Å². The number of non-ortho nitro benzene ring substituents is 1. The summed E-state index contributed by atoms with van der Waals surface area (Å²) in [5.74, 6) is 0.572. The zero-order valence-corrected chi connectivity index (χ0v) is 21.6. The molecule has 0 bridgehead atoms. The van der Waals surface area contributed by atoms with Gasteiger partial charge in [0.25, 0.3) is 16.8 Å². The van der Waals surface area contributed by atoms with Gasteiger partial charge in [0.1, 0.15) is 6.61 Å². The van der Waals surface area contributed by atoms with Crippen LogP contribution in [0.5, 0.6) is 11.5 Å². The van der Waals surface area contributed by atoms with E-state index in [0.717, 1.165) is 21.8 Å². The number of carbonyl (C=O) groups excluding carboxylic acids is 2. The van der Waals surface area contributed by atoms with Gasteiger partial charge in [-0.25, -0.2) is 0 Å². The number of halogens is 1. The molecular formula is C26H21BrN2O6S. The molecule has 0 spiro atoms. The summed E-state index contributed by atoms with van der Waals surface area (Å²) in [7, 11) is 0. The number of amides is 2. The standard InChI is InChI=1S/C26H21BrN2O6S/c1-2-34-23-13-17(9-10-22(23)35-16-19-6-4-8-21(12-19)29(32)33)14-24-25(30)28(26(31)36-24)15-18-5-3-7-20(27)11-18/h3-14H,2,15-16H2,1H3/b24-14+. The second-order valence-corrected chi connectivity index (χ2v) is 9.66. The zero-order valence-electron chi connectivity index (χ0n) is 19.2. The van der Waals surface area contributed by atoms with Gasteiger partial charge < -0.3 is 9.47 Å². The molecule has 1 aliphatic heterocycles. The van der Waals surface area contributed by atoms with Gasteiger partial charge >= 0.3 is 0 Å². The first-order chi connectivity index (χ1) is 17.3. The van der Waals surface area contributed by atoms with E-state index in [-0.39, 0.29) is 30.0 Å². The number of hydrogen-bond donors (Lipinski definition) is 0. The largest absolute Gasteiger partial charge is 0.490 e. The molecule has 1 aliphatic rings. The number of benzene rings is 3. The van der Waals surface area contributed by atoms with Gasteiger partial charge in [-0.05, 0) is 65.7 Å². The summed E-state index contributed by atoms with van der Waals surface area (Å²) in [6.07, 6.45) is 1.65. The van der Waals surface area contributed by atoms with Crippen LogP contribution in [0.1, 0.15) is 23.6 Å². The number of ether oxygens (including phenoxy) is 2. The molecule has 0 N–H and O–H groups in total. The Hall–Kier alpha value is -3.63. The number of carbonyl (C=O) groups is 2. The first-order valence-corrected chi connectivity index (χ1v) is 12.6. The van der Waals surface area contributed by atoms with Crippen LogP contribution in [0, 0.1) is 10.1 Å². The summed E-state index contributed by atoms with van der Waals surface area (Å²) in [6, 6.07) is 18.9. The van der Waals surface area contributed by atoms with E-state index in [9.17, 15) is 19.7 Å². The molecule has 8 nitrogen and oxygen atoms in total. The zero-order chi connectivity index (χ0) is 25.7. The van der Waals surface area contributed by atoms with Gasteiger partial charge in [-0.2, -0.15) is 0 Å². The summed E-state index contributed by atoms with van der Waals surface area (Å²) in [5.41, 5.74) is 2.16. The smallest absolute Gasteiger partial charge is 0.293 e. The highest BCUT2D eigenvalue weighted by atomic mass is 79.9. The van der Waals surface area contributed by atoms with Crippen LogP contribution < -0.4 is 9.47 Å². The molecule has 0 atom stereocenters. The number of thioether (sulfide) groups is 1. The lowest BCUT2D eigenvalue weighted by Gasteiger charge is -2.13. The van der Waals surface area contributed by atoms with E-state index in [1.165, 1.54) is 17.0 Å². The van der Waals surface area contributed by atoms with E-state index < -0.39 is 4.92 Å². The molecule has 4 rings (SSSR count). The first-order valence-electron chi connectivity index (χ1n) is 11.0. The monoisotopic (exact) mass is 568 g/mol. The van der Waals surface area contributed by atoms with Crippen molar-refractivity contribution in [1.29, 1.82) is 0 Å². The fourth-order valence-corrected chi connectivity index (χ4v) is 4.81. The molecule has 0 aromatic heterocycles. The minimum Gasteiger partial charge on any atom is -0.490 e. The fourth-order valence-electron chi connectivity index (χ4n) is 3.53. The lowest BCUT2D eigenvalue weighted by molar-refractivity contribution is -0.384. The lowest BCUT2D eigenvalue weighted by atomic mass is 10.1. The summed E-state index contributed by atoms with van der Waals surface area (Å²) < 4.78 is 12.4. The van der Waals surface area contributed by atoms with Gasteiger partial charge in [0, 0.05) is 16.6 Å². The molecule has 0 aliphatic carbocycles. The van der Waals surface area contributed by atoms with Gasteiger partial charge in [0.2, 0.25) is 0 Å². The third-order valence-electron chi connectivity index (χ3n) is 5.18. The van der Waals surface area contributed by atoms with Crippen molar-refractivity contribution in [3.8, 4) is 11.5 Å². The van der Waals surface area contributed by atoms with Gasteiger partial charge in [-0.3, -0.25) is 24.6 Å². The average Bonchev–Trinajstić information content (AvgIpc) is 3.11. The summed E-state index contributed by atoms with van der Waals surface area (Å²) >= 11 is 4.30. The van der Waals surface area contributed by atoms with E-state index in [2.05, 4.69) is 15.9 Å². The molecule has 3 aromatic rings. The molecule has 0 unspecified atom stereocenters. The van der Waals surface area contributed by atoms with Crippen molar-refractivity contribution in [3.63, 3.8) is 0 Å². The SMILES string of the molecule is CCOc1cc(/C=C2/SC(=O)N(Cc3cccc(Br)c3)C2=O)ccc1OCc1cccc([N+](=O)[O-])c1. The maximum atomic E-state index is 12.9. The van der Waals surface area contributed by atoms with E-state index in [4.69, 9.17) is 9.47 Å². The minimum atomic E-state index is -0.454. The molecule has 10 heteroatoms.